The summed E-state index contributed by atoms with van der Waals surface area (Å²) in [5.41, 5.74) is 1.31. The van der Waals surface area contributed by atoms with Crippen LogP contribution in [-0.2, 0) is 6.54 Å². The first kappa shape index (κ1) is 11.3. The summed E-state index contributed by atoms with van der Waals surface area (Å²) < 4.78 is 0. The van der Waals surface area contributed by atoms with E-state index in [1.54, 1.807) is 0 Å². The highest BCUT2D eigenvalue weighted by atomic mass is 35.5. The Morgan fingerprint density at radius 2 is 2.13 bits per heavy atom. The molecule has 1 nitrogen and oxygen atoms in total. The molecule has 3 heteroatoms. The molecular formula is C12H16ClNS. The van der Waals surface area contributed by atoms with Crippen molar-refractivity contribution in [1.29, 1.82) is 0 Å². The van der Waals surface area contributed by atoms with Gasteiger partial charge in [0.25, 0.3) is 0 Å². The summed E-state index contributed by atoms with van der Waals surface area (Å²) in [5, 5.41) is 5.14. The number of thioether (sulfide) groups is 1. The molecule has 0 spiro atoms. The standard InChI is InChI=1S/C12H16ClNS/c13-11-5-3-10(4-6-11)8-14-9-12-2-1-7-15-12/h3-6,12,14H,1-2,7-9H2. The average molecular weight is 242 g/mol. The van der Waals surface area contributed by atoms with E-state index in [0.717, 1.165) is 23.4 Å². The first-order chi connectivity index (χ1) is 7.34. The van der Waals surface area contributed by atoms with E-state index in [1.807, 2.05) is 12.1 Å². The zero-order valence-electron chi connectivity index (χ0n) is 8.71. The van der Waals surface area contributed by atoms with E-state index in [2.05, 4.69) is 29.2 Å². The zero-order chi connectivity index (χ0) is 10.5. The predicted molar refractivity (Wildman–Crippen MR) is 68.6 cm³/mol. The molecule has 1 aromatic rings. The summed E-state index contributed by atoms with van der Waals surface area (Å²) >= 11 is 7.92. The Hall–Kier alpha value is -0.180. The second-order valence-electron chi connectivity index (χ2n) is 3.89. The molecule has 0 amide bonds. The van der Waals surface area contributed by atoms with Crippen molar-refractivity contribution in [3.05, 3.63) is 34.9 Å². The third-order valence-corrected chi connectivity index (χ3v) is 4.29. The molecule has 0 bridgehead atoms. The average Bonchev–Trinajstić information content (AvgIpc) is 2.74. The van der Waals surface area contributed by atoms with Gasteiger partial charge in [0.15, 0.2) is 0 Å². The van der Waals surface area contributed by atoms with E-state index in [1.165, 1.54) is 24.2 Å². The summed E-state index contributed by atoms with van der Waals surface area (Å²) in [6, 6.07) is 8.06. The minimum Gasteiger partial charge on any atom is -0.312 e. The second kappa shape index (κ2) is 5.78. The highest BCUT2D eigenvalue weighted by Gasteiger charge is 2.14. The molecule has 0 saturated carbocycles. The molecule has 1 aliphatic heterocycles. The van der Waals surface area contributed by atoms with Gasteiger partial charge in [-0.15, -0.1) is 0 Å². The van der Waals surface area contributed by atoms with Crippen molar-refractivity contribution < 1.29 is 0 Å². The van der Waals surface area contributed by atoms with Gasteiger partial charge < -0.3 is 5.32 Å². The maximum atomic E-state index is 5.83. The van der Waals surface area contributed by atoms with Gasteiger partial charge in [-0.3, -0.25) is 0 Å². The van der Waals surface area contributed by atoms with E-state index in [0.29, 0.717) is 0 Å². The lowest BCUT2D eigenvalue weighted by atomic mass is 10.2. The molecule has 0 radical (unpaired) electrons. The quantitative estimate of drug-likeness (QED) is 0.868. The van der Waals surface area contributed by atoms with Gasteiger partial charge in [0.2, 0.25) is 0 Å². The minimum atomic E-state index is 0.810. The number of rotatable bonds is 4. The topological polar surface area (TPSA) is 12.0 Å². The summed E-state index contributed by atoms with van der Waals surface area (Å²) in [4.78, 5) is 0. The highest BCUT2D eigenvalue weighted by Crippen LogP contribution is 2.25. The van der Waals surface area contributed by atoms with Gasteiger partial charge in [0.1, 0.15) is 0 Å². The minimum absolute atomic E-state index is 0.810. The van der Waals surface area contributed by atoms with Crippen LogP contribution in [0.4, 0.5) is 0 Å². The molecule has 1 aliphatic rings. The number of nitrogens with one attached hydrogen (secondary N) is 1. The summed E-state index contributed by atoms with van der Waals surface area (Å²) in [6.45, 7) is 2.08. The normalized spacial score (nSPS) is 20.7. The zero-order valence-corrected chi connectivity index (χ0v) is 10.3. The number of halogens is 1. The van der Waals surface area contributed by atoms with Gasteiger partial charge >= 0.3 is 0 Å². The van der Waals surface area contributed by atoms with E-state index < -0.39 is 0 Å². The summed E-state index contributed by atoms with van der Waals surface area (Å²) in [6.07, 6.45) is 2.76. The van der Waals surface area contributed by atoms with Crippen LogP contribution in [0.25, 0.3) is 0 Å². The van der Waals surface area contributed by atoms with Gasteiger partial charge in [-0.05, 0) is 36.3 Å². The molecule has 1 atom stereocenters. The van der Waals surface area contributed by atoms with Crippen molar-refractivity contribution in [1.82, 2.24) is 5.32 Å². The smallest absolute Gasteiger partial charge is 0.0406 e. The maximum absolute atomic E-state index is 5.83. The highest BCUT2D eigenvalue weighted by molar-refractivity contribution is 8.00. The Morgan fingerprint density at radius 3 is 2.80 bits per heavy atom. The molecule has 0 aliphatic carbocycles. The molecule has 0 aromatic heterocycles. The summed E-state index contributed by atoms with van der Waals surface area (Å²) in [5.74, 6) is 1.34. The predicted octanol–water partition coefficient (Wildman–Crippen LogP) is 3.33. The molecular weight excluding hydrogens is 226 g/mol. The Kier molecular flexibility index (Phi) is 4.36. The molecule has 1 fully saturated rings. The van der Waals surface area contributed by atoms with Crippen LogP contribution in [0, 0.1) is 0 Å². The van der Waals surface area contributed by atoms with Crippen LogP contribution >= 0.6 is 23.4 Å². The fourth-order valence-electron chi connectivity index (χ4n) is 1.79. The van der Waals surface area contributed by atoms with Gasteiger partial charge in [-0.25, -0.2) is 0 Å². The van der Waals surface area contributed by atoms with Crippen LogP contribution in [-0.4, -0.2) is 17.5 Å². The van der Waals surface area contributed by atoms with E-state index in [-0.39, 0.29) is 0 Å². The van der Waals surface area contributed by atoms with Gasteiger partial charge in [0.05, 0.1) is 0 Å². The van der Waals surface area contributed by atoms with Crippen molar-refractivity contribution in [2.75, 3.05) is 12.3 Å². The molecule has 1 aromatic carbocycles. The monoisotopic (exact) mass is 241 g/mol. The lowest BCUT2D eigenvalue weighted by molar-refractivity contribution is 0.646. The maximum Gasteiger partial charge on any atom is 0.0406 e. The van der Waals surface area contributed by atoms with Crippen LogP contribution in [0.3, 0.4) is 0 Å². The fraction of sp³-hybridized carbons (Fsp3) is 0.500. The van der Waals surface area contributed by atoms with Gasteiger partial charge in [-0.1, -0.05) is 23.7 Å². The van der Waals surface area contributed by atoms with Crippen molar-refractivity contribution in [3.8, 4) is 0 Å². The number of hydrogen-bond acceptors (Lipinski definition) is 2. The number of benzene rings is 1. The molecule has 1 unspecified atom stereocenters. The van der Waals surface area contributed by atoms with Crippen molar-refractivity contribution in [2.24, 2.45) is 0 Å². The third-order valence-electron chi connectivity index (χ3n) is 2.64. The fourth-order valence-corrected chi connectivity index (χ4v) is 3.15. The Bertz CT molecular complexity index is 293. The lowest BCUT2D eigenvalue weighted by Gasteiger charge is -2.09. The van der Waals surface area contributed by atoms with Gasteiger partial charge in [-0.2, -0.15) is 11.8 Å². The molecule has 1 saturated heterocycles. The van der Waals surface area contributed by atoms with Gasteiger partial charge in [0, 0.05) is 23.4 Å². The molecule has 1 heterocycles. The molecule has 2 rings (SSSR count). The lowest BCUT2D eigenvalue weighted by Crippen LogP contribution is -2.22. The Morgan fingerprint density at radius 1 is 1.33 bits per heavy atom. The van der Waals surface area contributed by atoms with Crippen LogP contribution in [0.5, 0.6) is 0 Å². The molecule has 15 heavy (non-hydrogen) atoms. The Labute approximate surface area is 101 Å². The first-order valence-electron chi connectivity index (χ1n) is 5.41. The van der Waals surface area contributed by atoms with Crippen molar-refractivity contribution in [3.63, 3.8) is 0 Å². The van der Waals surface area contributed by atoms with Crippen molar-refractivity contribution >= 4 is 23.4 Å². The molecule has 1 N–H and O–H groups in total. The Balaban J connectivity index is 1.71. The van der Waals surface area contributed by atoms with Crippen LogP contribution in [0.15, 0.2) is 24.3 Å². The van der Waals surface area contributed by atoms with Crippen LogP contribution in [0.2, 0.25) is 5.02 Å². The van der Waals surface area contributed by atoms with Crippen LogP contribution in [0.1, 0.15) is 18.4 Å². The second-order valence-corrected chi connectivity index (χ2v) is 5.74. The van der Waals surface area contributed by atoms with E-state index in [9.17, 15) is 0 Å². The number of hydrogen-bond donors (Lipinski definition) is 1. The van der Waals surface area contributed by atoms with E-state index >= 15 is 0 Å². The van der Waals surface area contributed by atoms with Crippen molar-refractivity contribution in [2.45, 2.75) is 24.6 Å². The summed E-state index contributed by atoms with van der Waals surface area (Å²) in [7, 11) is 0. The third kappa shape index (κ3) is 3.71. The SMILES string of the molecule is Clc1ccc(CNCC2CCCS2)cc1. The first-order valence-corrected chi connectivity index (χ1v) is 6.84. The van der Waals surface area contributed by atoms with E-state index in [4.69, 9.17) is 11.6 Å². The molecule has 82 valence electrons. The van der Waals surface area contributed by atoms with Crippen LogP contribution < -0.4 is 5.32 Å². The largest absolute Gasteiger partial charge is 0.312 e.